The van der Waals surface area contributed by atoms with Crippen LogP contribution in [0.4, 0.5) is 0 Å². The highest BCUT2D eigenvalue weighted by molar-refractivity contribution is 6.81. The predicted octanol–water partition coefficient (Wildman–Crippen LogP) is 4.36. The fraction of sp³-hybridized carbons (Fsp3) is 0.385. The van der Waals surface area contributed by atoms with Crippen molar-refractivity contribution in [1.82, 2.24) is 0 Å². The lowest BCUT2D eigenvalue weighted by molar-refractivity contribution is 1.24. The van der Waals surface area contributed by atoms with Crippen LogP contribution in [0.3, 0.4) is 0 Å². The lowest BCUT2D eigenvalue weighted by Gasteiger charge is -2.13. The average Bonchev–Trinajstić information content (AvgIpc) is 2.14. The van der Waals surface area contributed by atoms with Gasteiger partial charge in [0.2, 0.25) is 0 Å². The molecule has 14 heavy (non-hydrogen) atoms. The highest BCUT2D eigenvalue weighted by Gasteiger charge is 2.10. The van der Waals surface area contributed by atoms with Crippen LogP contribution in [0, 0.1) is 0 Å². The van der Waals surface area contributed by atoms with Crippen molar-refractivity contribution < 1.29 is 0 Å². The maximum Gasteiger partial charge on any atom is 0.0690 e. The highest BCUT2D eigenvalue weighted by atomic mass is 28.3. The van der Waals surface area contributed by atoms with Crippen LogP contribution in [0.1, 0.15) is 18.9 Å². The fourth-order valence-electron chi connectivity index (χ4n) is 1.56. The molecule has 0 heterocycles. The van der Waals surface area contributed by atoms with Crippen molar-refractivity contribution in [2.45, 2.75) is 33.0 Å². The van der Waals surface area contributed by atoms with Gasteiger partial charge in [0, 0.05) is 0 Å². The Hall–Kier alpha value is -0.823. The Kier molecular flexibility index (Phi) is 3.70. The average molecular weight is 204 g/mol. The summed E-state index contributed by atoms with van der Waals surface area (Å²) < 4.78 is 0. The van der Waals surface area contributed by atoms with Crippen LogP contribution in [0.15, 0.2) is 36.0 Å². The zero-order chi connectivity index (χ0) is 10.6. The Morgan fingerprint density at radius 2 is 1.71 bits per heavy atom. The Morgan fingerprint density at radius 1 is 1.14 bits per heavy atom. The monoisotopic (exact) mass is 204 g/mol. The largest absolute Gasteiger partial charge is 0.0913 e. The third kappa shape index (κ3) is 3.50. The topological polar surface area (TPSA) is 0 Å². The first-order chi connectivity index (χ1) is 6.53. The lowest BCUT2D eigenvalue weighted by Crippen LogP contribution is -2.16. The van der Waals surface area contributed by atoms with Gasteiger partial charge in [-0.1, -0.05) is 62.6 Å². The number of allylic oxidation sites excluding steroid dienone is 1. The molecule has 0 bridgehead atoms. The van der Waals surface area contributed by atoms with Gasteiger partial charge in [-0.05, 0) is 17.6 Å². The first kappa shape index (κ1) is 11.3. The molecule has 0 fully saturated rings. The first-order valence-corrected chi connectivity index (χ1v) is 8.88. The third-order valence-corrected chi connectivity index (χ3v) is 3.35. The Labute approximate surface area is 88.7 Å². The Morgan fingerprint density at radius 3 is 2.14 bits per heavy atom. The van der Waals surface area contributed by atoms with Crippen molar-refractivity contribution in [3.63, 3.8) is 0 Å². The van der Waals surface area contributed by atoms with Crippen molar-refractivity contribution in [3.05, 3.63) is 41.6 Å². The van der Waals surface area contributed by atoms with E-state index in [1.54, 1.807) is 0 Å². The third-order valence-electron chi connectivity index (χ3n) is 2.13. The van der Waals surface area contributed by atoms with Gasteiger partial charge in [0.1, 0.15) is 0 Å². The zero-order valence-corrected chi connectivity index (χ0v) is 10.7. The summed E-state index contributed by atoms with van der Waals surface area (Å²) in [6.07, 6.45) is 1.13. The number of hydrogen-bond donors (Lipinski definition) is 0. The van der Waals surface area contributed by atoms with Gasteiger partial charge in [-0.15, -0.1) is 0 Å². The lowest BCUT2D eigenvalue weighted by atomic mass is 10.1. The van der Waals surface area contributed by atoms with Crippen molar-refractivity contribution in [2.75, 3.05) is 0 Å². The molecule has 0 amide bonds. The molecule has 0 unspecified atom stereocenters. The van der Waals surface area contributed by atoms with Crippen molar-refractivity contribution in [3.8, 4) is 0 Å². The summed E-state index contributed by atoms with van der Waals surface area (Å²) in [6.45, 7) is 9.38. The molecule has 0 saturated heterocycles. The van der Waals surface area contributed by atoms with Crippen molar-refractivity contribution in [2.24, 2.45) is 0 Å². The Balaban J connectivity index is 3.00. The van der Waals surface area contributed by atoms with Gasteiger partial charge in [-0.25, -0.2) is 0 Å². The number of benzene rings is 1. The van der Waals surface area contributed by atoms with Crippen LogP contribution in [0.2, 0.25) is 19.6 Å². The van der Waals surface area contributed by atoms with Crippen molar-refractivity contribution >= 4 is 13.6 Å². The minimum atomic E-state index is -1.09. The second kappa shape index (κ2) is 4.60. The molecule has 0 spiro atoms. The molecule has 1 heteroatoms. The molecule has 0 nitrogen and oxygen atoms in total. The van der Waals surface area contributed by atoms with Crippen LogP contribution in [0.5, 0.6) is 0 Å². The van der Waals surface area contributed by atoms with Gasteiger partial charge >= 0.3 is 0 Å². The molecule has 0 radical (unpaired) electrons. The second-order valence-corrected chi connectivity index (χ2v) is 9.78. The van der Waals surface area contributed by atoms with Crippen LogP contribution in [-0.4, -0.2) is 8.07 Å². The molecule has 0 saturated carbocycles. The normalized spacial score (nSPS) is 13.0. The minimum Gasteiger partial charge on any atom is -0.0913 e. The molecule has 0 aliphatic rings. The summed E-state index contributed by atoms with van der Waals surface area (Å²) in [5.74, 6) is 0. The summed E-state index contributed by atoms with van der Waals surface area (Å²) in [5.41, 5.74) is 5.39. The summed E-state index contributed by atoms with van der Waals surface area (Å²) in [7, 11) is -1.09. The van der Waals surface area contributed by atoms with E-state index in [9.17, 15) is 0 Å². The first-order valence-electron chi connectivity index (χ1n) is 5.30. The molecule has 1 aromatic carbocycles. The van der Waals surface area contributed by atoms with E-state index in [0.29, 0.717) is 0 Å². The summed E-state index contributed by atoms with van der Waals surface area (Å²) >= 11 is 0. The molecular formula is C13H20Si. The fourth-order valence-corrected chi connectivity index (χ4v) is 2.98. The van der Waals surface area contributed by atoms with Gasteiger partial charge < -0.3 is 0 Å². The van der Waals surface area contributed by atoms with Crippen LogP contribution in [0.25, 0.3) is 5.57 Å². The number of hydrogen-bond acceptors (Lipinski definition) is 0. The van der Waals surface area contributed by atoms with Crippen molar-refractivity contribution in [1.29, 1.82) is 0 Å². The van der Waals surface area contributed by atoms with Crippen LogP contribution in [-0.2, 0) is 0 Å². The maximum atomic E-state index is 2.50. The van der Waals surface area contributed by atoms with Crippen LogP contribution >= 0.6 is 0 Å². The molecule has 0 aromatic heterocycles. The molecule has 0 aliphatic heterocycles. The summed E-state index contributed by atoms with van der Waals surface area (Å²) in [6, 6.07) is 10.7. The Bertz CT molecular complexity index is 304. The summed E-state index contributed by atoms with van der Waals surface area (Å²) in [5, 5.41) is 0. The van der Waals surface area contributed by atoms with Gasteiger partial charge in [-0.2, -0.15) is 0 Å². The molecule has 0 aliphatic carbocycles. The molecule has 1 rings (SSSR count). The van der Waals surface area contributed by atoms with E-state index in [4.69, 9.17) is 0 Å². The summed E-state index contributed by atoms with van der Waals surface area (Å²) in [4.78, 5) is 0. The number of rotatable bonds is 3. The van der Waals surface area contributed by atoms with Gasteiger partial charge in [0.05, 0.1) is 8.07 Å². The molecular weight excluding hydrogens is 184 g/mol. The smallest absolute Gasteiger partial charge is 0.0690 e. The van der Waals surface area contributed by atoms with E-state index in [1.165, 1.54) is 11.1 Å². The quantitative estimate of drug-likeness (QED) is 0.642. The zero-order valence-electron chi connectivity index (χ0n) is 9.67. The predicted molar refractivity (Wildman–Crippen MR) is 68.1 cm³/mol. The second-order valence-electron chi connectivity index (χ2n) is 4.76. The molecule has 0 atom stereocenters. The van der Waals surface area contributed by atoms with Gasteiger partial charge in [0.15, 0.2) is 0 Å². The minimum absolute atomic E-state index is 1.09. The van der Waals surface area contributed by atoms with E-state index in [0.717, 1.165) is 6.42 Å². The van der Waals surface area contributed by atoms with E-state index in [1.807, 2.05) is 0 Å². The molecule has 76 valence electrons. The highest BCUT2D eigenvalue weighted by Crippen LogP contribution is 2.20. The van der Waals surface area contributed by atoms with Gasteiger partial charge in [-0.3, -0.25) is 0 Å². The standard InChI is InChI=1S/C13H20Si/c1-5-12(11-14(2,3)4)13-9-7-6-8-10-13/h6-11H,5H2,1-4H3/b12-11-. The van der Waals surface area contributed by atoms with Gasteiger partial charge in [0.25, 0.3) is 0 Å². The van der Waals surface area contributed by atoms with E-state index < -0.39 is 8.07 Å². The molecule has 1 aromatic rings. The van der Waals surface area contributed by atoms with E-state index in [-0.39, 0.29) is 0 Å². The van der Waals surface area contributed by atoms with E-state index in [2.05, 4.69) is 62.6 Å². The van der Waals surface area contributed by atoms with Crippen LogP contribution < -0.4 is 0 Å². The molecule has 0 N–H and O–H groups in total. The van der Waals surface area contributed by atoms with E-state index >= 15 is 0 Å². The maximum absolute atomic E-state index is 2.50. The SMILES string of the molecule is CC/C(=C/[Si](C)(C)C)c1ccccc1.